The molecule has 1 heterocycles. The monoisotopic (exact) mass is 443 g/mol. The van der Waals surface area contributed by atoms with Crippen LogP contribution in [0, 0.1) is 0 Å². The van der Waals surface area contributed by atoms with Crippen LogP contribution in [0.15, 0.2) is 42.5 Å². The SMILES string of the molecule is CCOC(=O)C(C)(C)c1ccc2[nH]c(-c3cc(C(F)(F)F)cc(C(F)(F)F)c3)cc2c1. The number of hydrogen-bond acceptors (Lipinski definition) is 2. The second-order valence-corrected chi connectivity index (χ2v) is 7.63. The Labute approximate surface area is 174 Å². The first-order valence-electron chi connectivity index (χ1n) is 9.34. The third kappa shape index (κ3) is 4.55. The quantitative estimate of drug-likeness (QED) is 0.360. The molecule has 0 aliphatic carbocycles. The maximum Gasteiger partial charge on any atom is 0.416 e. The number of carbonyl (C=O) groups is 1. The fraction of sp³-hybridized carbons (Fsp3) is 0.318. The zero-order chi connectivity index (χ0) is 23.2. The molecule has 0 atom stereocenters. The van der Waals surface area contributed by atoms with Crippen molar-refractivity contribution in [3.63, 3.8) is 0 Å². The molecule has 3 aromatic rings. The van der Waals surface area contributed by atoms with Gasteiger partial charge in [-0.3, -0.25) is 4.79 Å². The Hall–Kier alpha value is -2.97. The summed E-state index contributed by atoms with van der Waals surface area (Å²) in [5.74, 6) is -0.446. The minimum atomic E-state index is -4.93. The molecule has 0 saturated heterocycles. The first kappa shape index (κ1) is 22.7. The standard InChI is InChI=1S/C22H19F6NO2/c1-4-31-19(30)20(2,3)14-5-6-17-13(7-14)10-18(29-17)12-8-15(21(23,24)25)11-16(9-12)22(26,27)28/h5-11,29H,4H2,1-3H3. The van der Waals surface area contributed by atoms with Crippen molar-refractivity contribution in [2.75, 3.05) is 6.61 Å². The molecule has 0 saturated carbocycles. The predicted octanol–water partition coefficient (Wildman–Crippen LogP) is 6.71. The number of carbonyl (C=O) groups excluding carboxylic acids is 1. The van der Waals surface area contributed by atoms with Gasteiger partial charge in [-0.05, 0) is 68.3 Å². The lowest BCUT2D eigenvalue weighted by Gasteiger charge is -2.22. The van der Waals surface area contributed by atoms with Gasteiger partial charge in [-0.1, -0.05) is 6.07 Å². The molecule has 0 amide bonds. The summed E-state index contributed by atoms with van der Waals surface area (Å²) in [5, 5.41) is 0.538. The van der Waals surface area contributed by atoms with Crippen molar-refractivity contribution in [2.45, 2.75) is 38.5 Å². The van der Waals surface area contributed by atoms with Gasteiger partial charge in [0.2, 0.25) is 0 Å². The molecule has 0 bridgehead atoms. The highest BCUT2D eigenvalue weighted by molar-refractivity contribution is 5.89. The molecular weight excluding hydrogens is 424 g/mol. The second kappa shape index (κ2) is 7.62. The van der Waals surface area contributed by atoms with Gasteiger partial charge in [0.05, 0.1) is 23.1 Å². The fourth-order valence-corrected chi connectivity index (χ4v) is 3.22. The number of aromatic nitrogens is 1. The van der Waals surface area contributed by atoms with E-state index in [1.165, 1.54) is 6.07 Å². The van der Waals surface area contributed by atoms with Gasteiger partial charge in [0, 0.05) is 16.6 Å². The summed E-state index contributed by atoms with van der Waals surface area (Å²) in [6, 6.07) is 7.82. The number of ether oxygens (including phenoxy) is 1. The number of halogens is 6. The van der Waals surface area contributed by atoms with Crippen molar-refractivity contribution in [3.05, 3.63) is 59.2 Å². The van der Waals surface area contributed by atoms with Gasteiger partial charge in [0.25, 0.3) is 0 Å². The summed E-state index contributed by atoms with van der Waals surface area (Å²) in [5.41, 5.74) is -2.81. The third-order valence-electron chi connectivity index (χ3n) is 5.03. The number of fused-ring (bicyclic) bond motifs is 1. The van der Waals surface area contributed by atoms with Crippen molar-refractivity contribution in [3.8, 4) is 11.3 Å². The largest absolute Gasteiger partial charge is 0.465 e. The first-order valence-corrected chi connectivity index (χ1v) is 9.34. The Morgan fingerprint density at radius 1 is 0.871 bits per heavy atom. The Kier molecular flexibility index (Phi) is 5.58. The van der Waals surface area contributed by atoms with E-state index >= 15 is 0 Å². The van der Waals surface area contributed by atoms with E-state index in [4.69, 9.17) is 4.74 Å². The second-order valence-electron chi connectivity index (χ2n) is 7.63. The number of H-pyrrole nitrogens is 1. The van der Waals surface area contributed by atoms with Gasteiger partial charge in [-0.25, -0.2) is 0 Å². The molecule has 2 aromatic carbocycles. The number of nitrogens with one attached hydrogen (secondary N) is 1. The molecule has 166 valence electrons. The van der Waals surface area contributed by atoms with Crippen LogP contribution in [0.1, 0.15) is 37.5 Å². The van der Waals surface area contributed by atoms with E-state index in [2.05, 4.69) is 4.98 Å². The van der Waals surface area contributed by atoms with Crippen molar-refractivity contribution >= 4 is 16.9 Å². The zero-order valence-electron chi connectivity index (χ0n) is 16.8. The molecule has 3 rings (SSSR count). The average Bonchev–Trinajstić information content (AvgIpc) is 3.10. The Balaban J connectivity index is 2.11. The van der Waals surface area contributed by atoms with Crippen LogP contribution in [-0.2, 0) is 27.3 Å². The zero-order valence-corrected chi connectivity index (χ0v) is 16.8. The summed E-state index contributed by atoms with van der Waals surface area (Å²) in [6.07, 6.45) is -9.86. The molecular formula is C22H19F6NO2. The van der Waals surface area contributed by atoms with Gasteiger partial charge in [-0.15, -0.1) is 0 Å². The molecule has 0 aliphatic rings. The Bertz CT molecular complexity index is 1090. The molecule has 9 heteroatoms. The summed E-state index contributed by atoms with van der Waals surface area (Å²) >= 11 is 0. The maximum absolute atomic E-state index is 13.2. The van der Waals surface area contributed by atoms with Crippen LogP contribution in [-0.4, -0.2) is 17.6 Å². The van der Waals surface area contributed by atoms with Gasteiger partial charge >= 0.3 is 18.3 Å². The smallest absolute Gasteiger partial charge is 0.416 e. The van der Waals surface area contributed by atoms with Gasteiger partial charge in [-0.2, -0.15) is 26.3 Å². The van der Waals surface area contributed by atoms with E-state index in [1.54, 1.807) is 39.0 Å². The molecule has 3 nitrogen and oxygen atoms in total. The van der Waals surface area contributed by atoms with Crippen molar-refractivity contribution in [1.82, 2.24) is 4.98 Å². The highest BCUT2D eigenvalue weighted by Gasteiger charge is 2.37. The number of alkyl halides is 6. The topological polar surface area (TPSA) is 42.1 Å². The molecule has 1 aromatic heterocycles. The first-order chi connectivity index (χ1) is 14.2. The summed E-state index contributed by atoms with van der Waals surface area (Å²) < 4.78 is 84.0. The van der Waals surface area contributed by atoms with Crippen LogP contribution in [0.2, 0.25) is 0 Å². The van der Waals surface area contributed by atoms with Crippen LogP contribution < -0.4 is 0 Å². The summed E-state index contributed by atoms with van der Waals surface area (Å²) in [4.78, 5) is 15.1. The van der Waals surface area contributed by atoms with E-state index < -0.39 is 34.9 Å². The molecule has 0 fully saturated rings. The van der Waals surface area contributed by atoms with E-state index in [-0.39, 0.29) is 23.9 Å². The lowest BCUT2D eigenvalue weighted by molar-refractivity contribution is -0.149. The van der Waals surface area contributed by atoms with E-state index in [0.29, 0.717) is 28.6 Å². The van der Waals surface area contributed by atoms with Crippen LogP contribution >= 0.6 is 0 Å². The van der Waals surface area contributed by atoms with E-state index in [1.807, 2.05) is 0 Å². The lowest BCUT2D eigenvalue weighted by Crippen LogP contribution is -2.31. The molecule has 0 radical (unpaired) electrons. The van der Waals surface area contributed by atoms with Gasteiger partial charge < -0.3 is 9.72 Å². The van der Waals surface area contributed by atoms with Gasteiger partial charge in [0.15, 0.2) is 0 Å². The Morgan fingerprint density at radius 2 is 1.45 bits per heavy atom. The minimum Gasteiger partial charge on any atom is -0.465 e. The molecule has 0 unspecified atom stereocenters. The number of aromatic amines is 1. The van der Waals surface area contributed by atoms with Crippen molar-refractivity contribution in [1.29, 1.82) is 0 Å². The average molecular weight is 443 g/mol. The van der Waals surface area contributed by atoms with Crippen LogP contribution in [0.25, 0.3) is 22.2 Å². The normalized spacial score (nSPS) is 12.9. The van der Waals surface area contributed by atoms with Crippen molar-refractivity contribution in [2.24, 2.45) is 0 Å². The molecule has 1 N–H and O–H groups in total. The molecule has 0 aliphatic heterocycles. The highest BCUT2D eigenvalue weighted by Crippen LogP contribution is 2.39. The van der Waals surface area contributed by atoms with Crippen molar-refractivity contribution < 1.29 is 35.9 Å². The van der Waals surface area contributed by atoms with E-state index in [9.17, 15) is 31.1 Å². The van der Waals surface area contributed by atoms with Crippen LogP contribution in [0.3, 0.4) is 0 Å². The highest BCUT2D eigenvalue weighted by atomic mass is 19.4. The summed E-state index contributed by atoms with van der Waals surface area (Å²) in [7, 11) is 0. The van der Waals surface area contributed by atoms with Crippen LogP contribution in [0.4, 0.5) is 26.3 Å². The number of esters is 1. The Morgan fingerprint density at radius 3 is 1.97 bits per heavy atom. The number of benzene rings is 2. The number of rotatable bonds is 4. The molecule has 0 spiro atoms. The third-order valence-corrected chi connectivity index (χ3v) is 5.03. The minimum absolute atomic E-state index is 0.0894. The number of hydrogen-bond donors (Lipinski definition) is 1. The molecule has 31 heavy (non-hydrogen) atoms. The van der Waals surface area contributed by atoms with Crippen LogP contribution in [0.5, 0.6) is 0 Å². The maximum atomic E-state index is 13.2. The predicted molar refractivity (Wildman–Crippen MR) is 103 cm³/mol. The van der Waals surface area contributed by atoms with Gasteiger partial charge in [0.1, 0.15) is 0 Å². The lowest BCUT2D eigenvalue weighted by atomic mass is 9.84. The van der Waals surface area contributed by atoms with E-state index in [0.717, 1.165) is 0 Å². The summed E-state index contributed by atoms with van der Waals surface area (Å²) in [6.45, 7) is 5.22. The fourth-order valence-electron chi connectivity index (χ4n) is 3.22.